The highest BCUT2D eigenvalue weighted by atomic mass is 32.2. The molecule has 1 aromatic heterocycles. The molecule has 0 spiro atoms. The van der Waals surface area contributed by atoms with Crippen LogP contribution in [0.1, 0.15) is 37.0 Å². The number of hydrogen-bond acceptors (Lipinski definition) is 6. The summed E-state index contributed by atoms with van der Waals surface area (Å²) in [4.78, 5) is 2.48. The number of methoxy groups -OCH3 is 1. The Bertz CT molecular complexity index is 910. The van der Waals surface area contributed by atoms with E-state index in [-0.39, 0.29) is 10.9 Å². The first-order valence-corrected chi connectivity index (χ1v) is 10.7. The van der Waals surface area contributed by atoms with Crippen molar-refractivity contribution < 1.29 is 13.2 Å². The number of nitrogens with zero attached hydrogens (tertiary/aromatic N) is 5. The van der Waals surface area contributed by atoms with E-state index in [0.717, 1.165) is 50.5 Å². The Balaban J connectivity index is 1.68. The molecule has 0 aliphatic carbocycles. The number of likely N-dealkylation sites (N-methyl/N-ethyl adjacent to an activating group) is 1. The van der Waals surface area contributed by atoms with Gasteiger partial charge in [-0.2, -0.15) is 4.31 Å². The van der Waals surface area contributed by atoms with Gasteiger partial charge in [0.05, 0.1) is 24.6 Å². The number of aromatic nitrogens is 3. The van der Waals surface area contributed by atoms with E-state index in [0.29, 0.717) is 12.3 Å². The molecule has 0 bridgehead atoms. The van der Waals surface area contributed by atoms with Crippen molar-refractivity contribution in [3.05, 3.63) is 35.9 Å². The lowest BCUT2D eigenvalue weighted by Crippen LogP contribution is -2.40. The van der Waals surface area contributed by atoms with Crippen molar-refractivity contribution in [3.63, 3.8) is 0 Å². The van der Waals surface area contributed by atoms with Crippen molar-refractivity contribution in [2.24, 2.45) is 0 Å². The molecule has 2 aliphatic rings. The number of fused-ring (bicyclic) bond motifs is 1. The van der Waals surface area contributed by atoms with Gasteiger partial charge < -0.3 is 9.30 Å². The van der Waals surface area contributed by atoms with Gasteiger partial charge in [0.2, 0.25) is 10.0 Å². The summed E-state index contributed by atoms with van der Waals surface area (Å²) in [6.45, 7) is 2.95. The zero-order chi connectivity index (χ0) is 19.0. The van der Waals surface area contributed by atoms with Gasteiger partial charge in [0.1, 0.15) is 11.6 Å². The topological polar surface area (TPSA) is 80.6 Å². The minimum absolute atomic E-state index is 0.268. The predicted molar refractivity (Wildman–Crippen MR) is 99.8 cm³/mol. The normalized spacial score (nSPS) is 21.8. The van der Waals surface area contributed by atoms with Gasteiger partial charge in [-0.3, -0.25) is 4.90 Å². The molecule has 0 radical (unpaired) electrons. The van der Waals surface area contributed by atoms with Crippen LogP contribution in [0.2, 0.25) is 0 Å². The standard InChI is InChI=1S/C18H25N5O3S/c1-21-11-12-22-17(13-21)19-20-18(22)16-5-3-4-10-23(16)27(24,25)15-8-6-14(26-2)7-9-15/h6-9,16H,3-5,10-13H2,1-2H3/t16-/m0/s1. The molecule has 27 heavy (non-hydrogen) atoms. The molecular formula is C18H25N5O3S. The fraction of sp³-hybridized carbons (Fsp3) is 0.556. The monoisotopic (exact) mass is 391 g/mol. The van der Waals surface area contributed by atoms with E-state index in [1.54, 1.807) is 35.7 Å². The number of piperidine rings is 1. The molecule has 3 heterocycles. The molecule has 1 atom stereocenters. The summed E-state index contributed by atoms with van der Waals surface area (Å²) in [6, 6.07) is 6.30. The number of ether oxygens (including phenoxy) is 1. The van der Waals surface area contributed by atoms with Crippen LogP contribution in [0.3, 0.4) is 0 Å². The van der Waals surface area contributed by atoms with Crippen LogP contribution in [0.15, 0.2) is 29.2 Å². The first-order valence-electron chi connectivity index (χ1n) is 9.27. The smallest absolute Gasteiger partial charge is 0.243 e. The Morgan fingerprint density at radius 2 is 1.85 bits per heavy atom. The van der Waals surface area contributed by atoms with Crippen molar-refractivity contribution in [1.29, 1.82) is 0 Å². The molecule has 0 saturated carbocycles. The van der Waals surface area contributed by atoms with Crippen molar-refractivity contribution in [2.75, 3.05) is 27.2 Å². The Hall–Kier alpha value is -1.97. The van der Waals surface area contributed by atoms with Crippen LogP contribution >= 0.6 is 0 Å². The van der Waals surface area contributed by atoms with Crippen LogP contribution in [-0.2, 0) is 23.1 Å². The average Bonchev–Trinajstić information content (AvgIpc) is 3.11. The molecule has 1 aromatic carbocycles. The van der Waals surface area contributed by atoms with E-state index in [1.165, 1.54) is 0 Å². The maximum atomic E-state index is 13.3. The van der Waals surface area contributed by atoms with Crippen molar-refractivity contribution >= 4 is 10.0 Å². The minimum Gasteiger partial charge on any atom is -0.497 e. The van der Waals surface area contributed by atoms with Gasteiger partial charge in [0, 0.05) is 19.6 Å². The molecule has 2 aromatic rings. The van der Waals surface area contributed by atoms with Crippen molar-refractivity contribution in [1.82, 2.24) is 24.0 Å². The Morgan fingerprint density at radius 1 is 1.07 bits per heavy atom. The molecule has 0 N–H and O–H groups in total. The zero-order valence-corrected chi connectivity index (χ0v) is 16.5. The van der Waals surface area contributed by atoms with Crippen LogP contribution in [0.5, 0.6) is 5.75 Å². The quantitative estimate of drug-likeness (QED) is 0.788. The summed E-state index contributed by atoms with van der Waals surface area (Å²) in [5.41, 5.74) is 0. The number of sulfonamides is 1. The summed E-state index contributed by atoms with van der Waals surface area (Å²) in [5, 5.41) is 8.73. The first-order chi connectivity index (χ1) is 13.0. The van der Waals surface area contributed by atoms with Gasteiger partial charge in [-0.15, -0.1) is 10.2 Å². The lowest BCUT2D eigenvalue weighted by molar-refractivity contribution is 0.224. The van der Waals surface area contributed by atoms with Gasteiger partial charge in [0.15, 0.2) is 5.82 Å². The second-order valence-corrected chi connectivity index (χ2v) is 9.06. The molecule has 4 rings (SSSR count). The fourth-order valence-electron chi connectivity index (χ4n) is 3.88. The van der Waals surface area contributed by atoms with Crippen LogP contribution < -0.4 is 4.74 Å². The minimum atomic E-state index is -3.61. The molecule has 2 aliphatic heterocycles. The van der Waals surface area contributed by atoms with E-state index in [1.807, 2.05) is 0 Å². The van der Waals surface area contributed by atoms with Gasteiger partial charge in [-0.1, -0.05) is 6.42 Å². The largest absolute Gasteiger partial charge is 0.497 e. The summed E-state index contributed by atoms with van der Waals surface area (Å²) < 4.78 is 35.5. The zero-order valence-electron chi connectivity index (χ0n) is 15.7. The fourth-order valence-corrected chi connectivity index (χ4v) is 5.54. The van der Waals surface area contributed by atoms with Gasteiger partial charge in [0.25, 0.3) is 0 Å². The van der Waals surface area contributed by atoms with Gasteiger partial charge in [-0.25, -0.2) is 8.42 Å². The highest BCUT2D eigenvalue weighted by Crippen LogP contribution is 2.35. The van der Waals surface area contributed by atoms with Gasteiger partial charge >= 0.3 is 0 Å². The second-order valence-electron chi connectivity index (χ2n) is 7.17. The third-order valence-electron chi connectivity index (χ3n) is 5.39. The third kappa shape index (κ3) is 3.35. The van der Waals surface area contributed by atoms with E-state index >= 15 is 0 Å². The van der Waals surface area contributed by atoms with Gasteiger partial charge in [-0.05, 0) is 44.2 Å². The highest BCUT2D eigenvalue weighted by Gasteiger charge is 2.38. The summed E-state index contributed by atoms with van der Waals surface area (Å²) in [5.74, 6) is 2.32. The molecule has 1 saturated heterocycles. The summed E-state index contributed by atoms with van der Waals surface area (Å²) in [6.07, 6.45) is 2.61. The van der Waals surface area contributed by atoms with Crippen LogP contribution in [0.4, 0.5) is 0 Å². The van der Waals surface area contributed by atoms with E-state index in [9.17, 15) is 8.42 Å². The molecule has 9 heteroatoms. The van der Waals surface area contributed by atoms with Crippen LogP contribution in [0, 0.1) is 0 Å². The highest BCUT2D eigenvalue weighted by molar-refractivity contribution is 7.89. The third-order valence-corrected chi connectivity index (χ3v) is 7.31. The summed E-state index contributed by atoms with van der Waals surface area (Å²) >= 11 is 0. The first kappa shape index (κ1) is 18.4. The number of hydrogen-bond donors (Lipinski definition) is 0. The van der Waals surface area contributed by atoms with Crippen molar-refractivity contribution in [3.8, 4) is 5.75 Å². The lowest BCUT2D eigenvalue weighted by Gasteiger charge is -2.35. The lowest BCUT2D eigenvalue weighted by atomic mass is 10.0. The van der Waals surface area contributed by atoms with Crippen molar-refractivity contribution in [2.45, 2.75) is 43.3 Å². The molecule has 146 valence electrons. The SMILES string of the molecule is COc1ccc(S(=O)(=O)N2CCCC[C@H]2c2nnc3n2CCN(C)C3)cc1. The molecular weight excluding hydrogens is 366 g/mol. The van der Waals surface area contributed by atoms with E-state index in [2.05, 4.69) is 26.7 Å². The Labute approximate surface area is 159 Å². The Morgan fingerprint density at radius 3 is 2.59 bits per heavy atom. The predicted octanol–water partition coefficient (Wildman–Crippen LogP) is 1.65. The Kier molecular flexibility index (Phi) is 4.92. The molecule has 1 fully saturated rings. The van der Waals surface area contributed by atoms with E-state index in [4.69, 9.17) is 4.74 Å². The molecule has 0 amide bonds. The second kappa shape index (κ2) is 7.21. The average molecular weight is 391 g/mol. The maximum Gasteiger partial charge on any atom is 0.243 e. The molecule has 0 unspecified atom stereocenters. The summed E-state index contributed by atoms with van der Waals surface area (Å²) in [7, 11) is 0.00671. The maximum absolute atomic E-state index is 13.3. The van der Waals surface area contributed by atoms with Crippen LogP contribution in [0.25, 0.3) is 0 Å². The number of benzene rings is 1. The van der Waals surface area contributed by atoms with Crippen LogP contribution in [-0.4, -0.2) is 59.6 Å². The number of rotatable bonds is 4. The van der Waals surface area contributed by atoms with E-state index < -0.39 is 10.0 Å². The molecule has 8 nitrogen and oxygen atoms in total.